The van der Waals surface area contributed by atoms with Gasteiger partial charge in [-0.3, -0.25) is 0 Å². The first-order chi connectivity index (χ1) is 14.0. The molecular formula is C19H32F3IN4O3. The number of guanidine groups is 1. The molecule has 1 aromatic heterocycles. The number of alkyl halides is 3. The molecule has 0 aromatic carbocycles. The highest BCUT2D eigenvalue weighted by atomic mass is 127. The van der Waals surface area contributed by atoms with Crippen molar-refractivity contribution in [2.24, 2.45) is 4.99 Å². The second-order valence-corrected chi connectivity index (χ2v) is 6.07. The fourth-order valence-corrected chi connectivity index (χ4v) is 2.14. The molecule has 0 aliphatic carbocycles. The predicted octanol–water partition coefficient (Wildman–Crippen LogP) is 3.53. The van der Waals surface area contributed by atoms with Crippen molar-refractivity contribution >= 4 is 29.9 Å². The summed E-state index contributed by atoms with van der Waals surface area (Å²) in [6, 6.07) is 3.26. The van der Waals surface area contributed by atoms with E-state index >= 15 is 0 Å². The van der Waals surface area contributed by atoms with Gasteiger partial charge in [-0.05, 0) is 19.4 Å². The molecule has 174 valence electrons. The average molecular weight is 548 g/mol. The monoisotopic (exact) mass is 548 g/mol. The molecule has 0 saturated carbocycles. The first-order valence-corrected chi connectivity index (χ1v) is 9.77. The molecule has 0 atom stereocenters. The van der Waals surface area contributed by atoms with Crippen molar-refractivity contribution in [3.63, 3.8) is 0 Å². The molecule has 0 saturated heterocycles. The zero-order chi connectivity index (χ0) is 21.4. The highest BCUT2D eigenvalue weighted by Gasteiger charge is 2.29. The van der Waals surface area contributed by atoms with Crippen LogP contribution in [-0.2, 0) is 16.0 Å². The third kappa shape index (κ3) is 14.6. The van der Waals surface area contributed by atoms with Crippen LogP contribution in [0.4, 0.5) is 13.2 Å². The van der Waals surface area contributed by atoms with Crippen LogP contribution in [-0.4, -0.2) is 63.2 Å². The molecule has 2 N–H and O–H groups in total. The number of rotatable bonds is 14. The number of aliphatic imine (C=N–C) groups is 1. The van der Waals surface area contributed by atoms with E-state index < -0.39 is 12.8 Å². The third-order valence-corrected chi connectivity index (χ3v) is 3.53. The smallest absolute Gasteiger partial charge is 0.422 e. The minimum atomic E-state index is -4.42. The van der Waals surface area contributed by atoms with Gasteiger partial charge in [-0.2, -0.15) is 13.2 Å². The molecule has 0 fully saturated rings. The van der Waals surface area contributed by atoms with Crippen molar-refractivity contribution < 1.29 is 27.4 Å². The lowest BCUT2D eigenvalue weighted by molar-refractivity contribution is -0.154. The first kappa shape index (κ1) is 28.7. The minimum Gasteiger partial charge on any atom is -0.468 e. The molecule has 1 heterocycles. The van der Waals surface area contributed by atoms with Gasteiger partial charge in [0.1, 0.15) is 0 Å². The SMILES string of the molecule is CCCCOCCOCCNC(=NCc1cccnc1OCC(F)(F)F)NCC.I. The molecule has 0 radical (unpaired) electrons. The van der Waals surface area contributed by atoms with E-state index in [1.54, 1.807) is 12.1 Å². The topological polar surface area (TPSA) is 77.0 Å². The average Bonchev–Trinajstić information content (AvgIpc) is 2.69. The van der Waals surface area contributed by atoms with E-state index in [9.17, 15) is 13.2 Å². The van der Waals surface area contributed by atoms with Gasteiger partial charge < -0.3 is 24.8 Å². The predicted molar refractivity (Wildman–Crippen MR) is 121 cm³/mol. The van der Waals surface area contributed by atoms with Gasteiger partial charge in [0.25, 0.3) is 0 Å². The van der Waals surface area contributed by atoms with Crippen LogP contribution in [0, 0.1) is 0 Å². The molecular weight excluding hydrogens is 516 g/mol. The number of halogens is 4. The Balaban J connectivity index is 0.00000841. The summed E-state index contributed by atoms with van der Waals surface area (Å²) in [7, 11) is 0. The quantitative estimate of drug-likeness (QED) is 0.160. The number of nitrogens with one attached hydrogen (secondary N) is 2. The van der Waals surface area contributed by atoms with Gasteiger partial charge in [0, 0.05) is 31.5 Å². The van der Waals surface area contributed by atoms with Crippen molar-refractivity contribution in [3.05, 3.63) is 23.9 Å². The highest BCUT2D eigenvalue weighted by molar-refractivity contribution is 14.0. The molecule has 0 amide bonds. The van der Waals surface area contributed by atoms with Gasteiger partial charge in [-0.1, -0.05) is 19.4 Å². The molecule has 11 heteroatoms. The van der Waals surface area contributed by atoms with Crippen LogP contribution in [0.25, 0.3) is 0 Å². The van der Waals surface area contributed by atoms with E-state index in [2.05, 4.69) is 27.5 Å². The number of aromatic nitrogens is 1. The summed E-state index contributed by atoms with van der Waals surface area (Å²) in [6.07, 6.45) is -0.891. The molecule has 1 rings (SSSR count). The number of hydrogen-bond donors (Lipinski definition) is 2. The standard InChI is InChI=1S/C19H31F3N4O3.HI/c1-3-5-10-27-12-13-28-11-9-25-18(23-4-2)26-14-16-7-6-8-24-17(16)29-15-19(20,21)22;/h6-8H,3-5,9-15H2,1-2H3,(H2,23,25,26);1H. The van der Waals surface area contributed by atoms with Crippen molar-refractivity contribution in [2.45, 2.75) is 39.4 Å². The zero-order valence-electron chi connectivity index (χ0n) is 17.5. The van der Waals surface area contributed by atoms with Crippen molar-refractivity contribution in [1.29, 1.82) is 0 Å². The number of pyridine rings is 1. The number of unbranched alkanes of at least 4 members (excludes halogenated alkanes) is 1. The van der Waals surface area contributed by atoms with Crippen LogP contribution in [0.5, 0.6) is 5.88 Å². The Morgan fingerprint density at radius 3 is 2.50 bits per heavy atom. The summed E-state index contributed by atoms with van der Waals surface area (Å²) < 4.78 is 52.8. The largest absolute Gasteiger partial charge is 0.468 e. The fourth-order valence-electron chi connectivity index (χ4n) is 2.14. The Morgan fingerprint density at radius 1 is 1.10 bits per heavy atom. The van der Waals surface area contributed by atoms with Crippen LogP contribution in [0.15, 0.2) is 23.3 Å². The van der Waals surface area contributed by atoms with Gasteiger partial charge >= 0.3 is 6.18 Å². The summed E-state index contributed by atoms with van der Waals surface area (Å²) >= 11 is 0. The number of ether oxygens (including phenoxy) is 3. The number of nitrogens with zero attached hydrogens (tertiary/aromatic N) is 2. The highest BCUT2D eigenvalue weighted by Crippen LogP contribution is 2.20. The lowest BCUT2D eigenvalue weighted by atomic mass is 10.3. The normalized spacial score (nSPS) is 11.7. The van der Waals surface area contributed by atoms with Gasteiger partial charge in [0.15, 0.2) is 12.6 Å². The van der Waals surface area contributed by atoms with E-state index in [0.29, 0.717) is 44.4 Å². The maximum absolute atomic E-state index is 12.4. The molecule has 0 unspecified atom stereocenters. The van der Waals surface area contributed by atoms with Crippen LogP contribution in [0.2, 0.25) is 0 Å². The molecule has 0 aliphatic rings. The summed E-state index contributed by atoms with van der Waals surface area (Å²) in [6.45, 7) is 6.26. The Bertz CT molecular complexity index is 592. The second-order valence-electron chi connectivity index (χ2n) is 6.07. The van der Waals surface area contributed by atoms with Crippen LogP contribution >= 0.6 is 24.0 Å². The van der Waals surface area contributed by atoms with E-state index in [4.69, 9.17) is 14.2 Å². The van der Waals surface area contributed by atoms with Gasteiger partial charge in [-0.25, -0.2) is 9.98 Å². The van der Waals surface area contributed by atoms with E-state index in [1.807, 2.05) is 6.92 Å². The summed E-state index contributed by atoms with van der Waals surface area (Å²) in [5.74, 6) is 0.455. The lowest BCUT2D eigenvalue weighted by Gasteiger charge is -2.13. The van der Waals surface area contributed by atoms with Crippen molar-refractivity contribution in [3.8, 4) is 5.88 Å². The molecule has 1 aromatic rings. The summed E-state index contributed by atoms with van der Waals surface area (Å²) in [5, 5.41) is 6.18. The fraction of sp³-hybridized carbons (Fsp3) is 0.684. The van der Waals surface area contributed by atoms with Crippen LogP contribution < -0.4 is 15.4 Å². The Morgan fingerprint density at radius 2 is 1.83 bits per heavy atom. The summed E-state index contributed by atoms with van der Waals surface area (Å²) in [4.78, 5) is 8.23. The van der Waals surface area contributed by atoms with E-state index in [1.165, 1.54) is 6.20 Å². The first-order valence-electron chi connectivity index (χ1n) is 9.77. The van der Waals surface area contributed by atoms with Gasteiger partial charge in [0.2, 0.25) is 5.88 Å². The van der Waals surface area contributed by atoms with E-state index in [-0.39, 0.29) is 36.4 Å². The van der Waals surface area contributed by atoms with Crippen molar-refractivity contribution in [1.82, 2.24) is 15.6 Å². The molecule has 7 nitrogen and oxygen atoms in total. The zero-order valence-corrected chi connectivity index (χ0v) is 19.8. The third-order valence-electron chi connectivity index (χ3n) is 3.53. The van der Waals surface area contributed by atoms with E-state index in [0.717, 1.165) is 19.4 Å². The van der Waals surface area contributed by atoms with Gasteiger partial charge in [0.05, 0.1) is 26.4 Å². The summed E-state index contributed by atoms with van der Waals surface area (Å²) in [5.41, 5.74) is 0.467. The number of hydrogen-bond acceptors (Lipinski definition) is 5. The Kier molecular flexibility index (Phi) is 16.6. The molecule has 0 aliphatic heterocycles. The Labute approximate surface area is 193 Å². The molecule has 0 spiro atoms. The van der Waals surface area contributed by atoms with Crippen molar-refractivity contribution in [2.75, 3.05) is 46.1 Å². The van der Waals surface area contributed by atoms with Gasteiger partial charge in [-0.15, -0.1) is 24.0 Å². The lowest BCUT2D eigenvalue weighted by Crippen LogP contribution is -2.39. The molecule has 30 heavy (non-hydrogen) atoms. The minimum absolute atomic E-state index is 0. The Hall–Kier alpha value is -1.34. The maximum atomic E-state index is 12.4. The second kappa shape index (κ2) is 17.4. The van der Waals surface area contributed by atoms with Crippen LogP contribution in [0.1, 0.15) is 32.3 Å². The van der Waals surface area contributed by atoms with Crippen LogP contribution in [0.3, 0.4) is 0 Å². The molecule has 0 bridgehead atoms. The maximum Gasteiger partial charge on any atom is 0.422 e.